The van der Waals surface area contributed by atoms with Gasteiger partial charge in [0, 0.05) is 40.2 Å². The maximum atomic E-state index is 12.9. The number of carbonyl (C=O) groups is 3. The summed E-state index contributed by atoms with van der Waals surface area (Å²) in [6.07, 6.45) is 0. The number of benzene rings is 2. The summed E-state index contributed by atoms with van der Waals surface area (Å²) in [4.78, 5) is 41.7. The molecule has 4 rings (SSSR count). The van der Waals surface area contributed by atoms with Gasteiger partial charge in [-0.15, -0.1) is 0 Å². The number of carbonyl (C=O) groups excluding carboxylic acids is 3. The van der Waals surface area contributed by atoms with Gasteiger partial charge in [-0.25, -0.2) is 0 Å². The second kappa shape index (κ2) is 9.51. The third kappa shape index (κ3) is 5.00. The normalized spacial score (nSPS) is 21.0. The molecular formula is C22H21Cl2N3O3S. The van der Waals surface area contributed by atoms with E-state index in [9.17, 15) is 14.4 Å². The highest BCUT2D eigenvalue weighted by Crippen LogP contribution is 2.24. The van der Waals surface area contributed by atoms with E-state index in [1.54, 1.807) is 39.8 Å². The largest absolute Gasteiger partial charge is 0.342 e. The molecule has 2 atom stereocenters. The molecule has 2 aliphatic rings. The van der Waals surface area contributed by atoms with Gasteiger partial charge in [-0.05, 0) is 23.8 Å². The summed E-state index contributed by atoms with van der Waals surface area (Å²) in [6, 6.07) is 13.4. The Hall–Kier alpha value is -2.22. The van der Waals surface area contributed by atoms with E-state index in [1.807, 2.05) is 30.3 Å². The van der Waals surface area contributed by atoms with E-state index in [-0.39, 0.29) is 24.3 Å². The molecule has 0 radical (unpaired) electrons. The number of rotatable bonds is 5. The molecule has 9 heteroatoms. The Labute approximate surface area is 194 Å². The van der Waals surface area contributed by atoms with Gasteiger partial charge in [-0.1, -0.05) is 53.5 Å². The minimum absolute atomic E-state index is 0.0944. The highest BCUT2D eigenvalue weighted by atomic mass is 35.5. The average Bonchev–Trinajstić information content (AvgIpc) is 2.76. The van der Waals surface area contributed by atoms with Crippen LogP contribution < -0.4 is 5.32 Å². The number of hydrogen-bond acceptors (Lipinski definition) is 4. The molecule has 0 aromatic heterocycles. The maximum Gasteiger partial charge on any atom is 0.254 e. The van der Waals surface area contributed by atoms with Crippen LogP contribution in [0.4, 0.5) is 0 Å². The molecule has 2 fully saturated rings. The first-order valence-electron chi connectivity index (χ1n) is 9.90. The first kappa shape index (κ1) is 22.0. The molecule has 0 saturated carbocycles. The van der Waals surface area contributed by atoms with E-state index in [0.717, 1.165) is 5.75 Å². The zero-order valence-corrected chi connectivity index (χ0v) is 18.9. The average molecular weight is 478 g/mol. The molecule has 2 heterocycles. The van der Waals surface area contributed by atoms with Crippen molar-refractivity contribution in [3.8, 4) is 0 Å². The maximum absolute atomic E-state index is 12.9. The molecular weight excluding hydrogens is 457 g/mol. The fourth-order valence-corrected chi connectivity index (χ4v) is 5.36. The van der Waals surface area contributed by atoms with Gasteiger partial charge in [0.1, 0.15) is 12.1 Å². The van der Waals surface area contributed by atoms with E-state index < -0.39 is 12.1 Å². The van der Waals surface area contributed by atoms with Crippen LogP contribution in [0.1, 0.15) is 15.9 Å². The second-order valence-corrected chi connectivity index (χ2v) is 9.42. The lowest BCUT2D eigenvalue weighted by atomic mass is 10.0. The molecule has 2 aromatic carbocycles. The Kier molecular flexibility index (Phi) is 6.74. The number of thioether (sulfide) groups is 1. The predicted molar refractivity (Wildman–Crippen MR) is 122 cm³/mol. The Morgan fingerprint density at radius 1 is 1.06 bits per heavy atom. The van der Waals surface area contributed by atoms with Crippen molar-refractivity contribution in [2.24, 2.45) is 0 Å². The molecule has 31 heavy (non-hydrogen) atoms. The van der Waals surface area contributed by atoms with Crippen molar-refractivity contribution >= 4 is 52.7 Å². The summed E-state index contributed by atoms with van der Waals surface area (Å²) in [5.41, 5.74) is 1.54. The number of halogens is 2. The molecule has 0 spiro atoms. The number of hydrogen-bond donors (Lipinski definition) is 1. The van der Waals surface area contributed by atoms with Crippen LogP contribution in [0.2, 0.25) is 10.0 Å². The highest BCUT2D eigenvalue weighted by molar-refractivity contribution is 7.98. The minimum atomic E-state index is -0.685. The molecule has 2 aromatic rings. The fraction of sp³-hybridized carbons (Fsp3) is 0.318. The van der Waals surface area contributed by atoms with Crippen molar-refractivity contribution in [3.63, 3.8) is 0 Å². The summed E-state index contributed by atoms with van der Waals surface area (Å²) in [6.45, 7) is 0.809. The van der Waals surface area contributed by atoms with E-state index in [0.29, 0.717) is 34.5 Å². The third-order valence-corrected chi connectivity index (χ3v) is 6.92. The molecule has 2 saturated heterocycles. The van der Waals surface area contributed by atoms with Crippen molar-refractivity contribution in [2.75, 3.05) is 25.4 Å². The number of amides is 3. The summed E-state index contributed by atoms with van der Waals surface area (Å²) in [5, 5.41) is 3.58. The van der Waals surface area contributed by atoms with E-state index in [4.69, 9.17) is 23.2 Å². The van der Waals surface area contributed by atoms with Crippen LogP contribution in [0, 0.1) is 0 Å². The minimum Gasteiger partial charge on any atom is -0.342 e. The smallest absolute Gasteiger partial charge is 0.254 e. The summed E-state index contributed by atoms with van der Waals surface area (Å²) in [5.74, 6) is 0.695. The number of nitrogens with one attached hydrogen (secondary N) is 1. The predicted octanol–water partition coefficient (Wildman–Crippen LogP) is 3.08. The van der Waals surface area contributed by atoms with Crippen LogP contribution >= 0.6 is 35.0 Å². The number of piperazine rings is 2. The molecule has 162 valence electrons. The Bertz CT molecular complexity index is 985. The standard InChI is InChI=1S/C22H21Cl2N3O3S/c23-16-8-15(9-17(24)10-16)21(29)26-6-7-27-19(11-26)20(28)25-18(22(27)30)13-31-12-14-4-2-1-3-5-14/h1-5,8-10,18-19H,6-7,11-13H2,(H,25,28)/t18-,19+/m0/s1. The van der Waals surface area contributed by atoms with Gasteiger partial charge in [0.25, 0.3) is 5.91 Å². The van der Waals surface area contributed by atoms with Crippen molar-refractivity contribution in [2.45, 2.75) is 17.8 Å². The van der Waals surface area contributed by atoms with Crippen LogP contribution in [0.25, 0.3) is 0 Å². The Balaban J connectivity index is 1.37. The molecule has 0 bridgehead atoms. The van der Waals surface area contributed by atoms with Crippen LogP contribution in [0.3, 0.4) is 0 Å². The monoisotopic (exact) mass is 477 g/mol. The van der Waals surface area contributed by atoms with E-state index in [1.165, 1.54) is 5.56 Å². The van der Waals surface area contributed by atoms with Crippen molar-refractivity contribution in [3.05, 3.63) is 69.7 Å². The lowest BCUT2D eigenvalue weighted by Gasteiger charge is -2.45. The van der Waals surface area contributed by atoms with Crippen LogP contribution in [-0.2, 0) is 15.3 Å². The first-order valence-corrected chi connectivity index (χ1v) is 11.8. The van der Waals surface area contributed by atoms with Gasteiger partial charge in [-0.2, -0.15) is 11.8 Å². The molecule has 6 nitrogen and oxygen atoms in total. The van der Waals surface area contributed by atoms with Crippen molar-refractivity contribution in [1.29, 1.82) is 0 Å². The van der Waals surface area contributed by atoms with Crippen molar-refractivity contribution < 1.29 is 14.4 Å². The van der Waals surface area contributed by atoms with Gasteiger partial charge in [0.05, 0.1) is 6.54 Å². The topological polar surface area (TPSA) is 69.7 Å². The number of fused-ring (bicyclic) bond motifs is 1. The fourth-order valence-electron chi connectivity index (χ4n) is 3.83. The van der Waals surface area contributed by atoms with E-state index in [2.05, 4.69) is 5.32 Å². The van der Waals surface area contributed by atoms with E-state index >= 15 is 0 Å². The summed E-state index contributed by atoms with van der Waals surface area (Å²) in [7, 11) is 0. The van der Waals surface area contributed by atoms with Gasteiger partial charge >= 0.3 is 0 Å². The third-order valence-electron chi connectivity index (χ3n) is 5.37. The summed E-state index contributed by atoms with van der Waals surface area (Å²) < 4.78 is 0. The molecule has 2 aliphatic heterocycles. The molecule has 1 N–H and O–H groups in total. The van der Waals surface area contributed by atoms with Gasteiger partial charge < -0.3 is 15.1 Å². The highest BCUT2D eigenvalue weighted by Gasteiger charge is 2.44. The van der Waals surface area contributed by atoms with Crippen molar-refractivity contribution in [1.82, 2.24) is 15.1 Å². The van der Waals surface area contributed by atoms with Crippen LogP contribution in [0.5, 0.6) is 0 Å². The Morgan fingerprint density at radius 2 is 1.77 bits per heavy atom. The number of nitrogens with zero attached hydrogens (tertiary/aromatic N) is 2. The SMILES string of the molecule is O=C1N[C@@H](CSCc2ccccc2)C(=O)N2CCN(C(=O)c3cc(Cl)cc(Cl)c3)C[C@H]12. The second-order valence-electron chi connectivity index (χ2n) is 7.52. The zero-order chi connectivity index (χ0) is 22.0. The van der Waals surface area contributed by atoms with Gasteiger partial charge in [0.2, 0.25) is 11.8 Å². The molecule has 0 aliphatic carbocycles. The molecule has 3 amide bonds. The van der Waals surface area contributed by atoms with Crippen LogP contribution in [-0.4, -0.2) is 65.0 Å². The van der Waals surface area contributed by atoms with Gasteiger partial charge in [0.15, 0.2) is 0 Å². The quantitative estimate of drug-likeness (QED) is 0.718. The zero-order valence-electron chi connectivity index (χ0n) is 16.6. The van der Waals surface area contributed by atoms with Gasteiger partial charge in [-0.3, -0.25) is 14.4 Å². The summed E-state index contributed by atoms with van der Waals surface area (Å²) >= 11 is 13.6. The Morgan fingerprint density at radius 3 is 2.48 bits per heavy atom. The lowest BCUT2D eigenvalue weighted by Crippen LogP contribution is -2.70. The lowest BCUT2D eigenvalue weighted by molar-refractivity contribution is -0.151. The molecule has 0 unspecified atom stereocenters. The van der Waals surface area contributed by atoms with Crippen LogP contribution in [0.15, 0.2) is 48.5 Å². The first-order chi connectivity index (χ1) is 14.9.